The number of imide groups is 1. The Labute approximate surface area is 175 Å². The highest BCUT2D eigenvalue weighted by Crippen LogP contribution is 2.16. The largest absolute Gasteiger partial charge is 0.489 e. The smallest absolute Gasteiger partial charge is 0.348 e. The molecule has 1 saturated heterocycles. The fourth-order valence-electron chi connectivity index (χ4n) is 3.38. The lowest BCUT2D eigenvalue weighted by atomic mass is 10.1. The molecule has 3 amide bonds. The number of hydrogen-bond donors (Lipinski definition) is 2. The maximum atomic E-state index is 13.0. The first-order valence-electron chi connectivity index (χ1n) is 10.0. The third-order valence-corrected chi connectivity index (χ3v) is 5.09. The summed E-state index contributed by atoms with van der Waals surface area (Å²) in [5.41, 5.74) is 2.68. The molecule has 0 bridgehead atoms. The van der Waals surface area contributed by atoms with Crippen LogP contribution in [0.15, 0.2) is 48.5 Å². The van der Waals surface area contributed by atoms with Crippen molar-refractivity contribution in [1.29, 1.82) is 0 Å². The van der Waals surface area contributed by atoms with Gasteiger partial charge >= 0.3 is 6.03 Å². The van der Waals surface area contributed by atoms with Gasteiger partial charge in [0.25, 0.3) is 5.91 Å². The van der Waals surface area contributed by atoms with E-state index < -0.39 is 11.9 Å². The Kier molecular flexibility index (Phi) is 7.75. The van der Waals surface area contributed by atoms with Crippen LogP contribution in [0.5, 0.6) is 5.75 Å². The van der Waals surface area contributed by atoms with Crippen molar-refractivity contribution in [3.05, 3.63) is 65.5 Å². The van der Waals surface area contributed by atoms with Crippen molar-refractivity contribution >= 4 is 11.9 Å². The first-order valence-corrected chi connectivity index (χ1v) is 10.0. The number of hydrogen-bond acceptors (Lipinski definition) is 5. The molecule has 30 heavy (non-hydrogen) atoms. The van der Waals surface area contributed by atoms with Crippen LogP contribution in [-0.4, -0.2) is 53.1 Å². The summed E-state index contributed by atoms with van der Waals surface area (Å²) in [6, 6.07) is 11.6. The molecular weight excluding hydrogens is 389 g/mol. The third kappa shape index (κ3) is 6.01. The zero-order valence-corrected chi connectivity index (χ0v) is 16.7. The molecule has 0 spiro atoms. The van der Waals surface area contributed by atoms with Gasteiger partial charge in [0.15, 0.2) is 0 Å². The zero-order chi connectivity index (χ0) is 21.3. The Hall–Kier alpha value is -2.97. The maximum Gasteiger partial charge on any atom is 0.348 e. The van der Waals surface area contributed by atoms with Gasteiger partial charge in [0, 0.05) is 18.7 Å². The molecule has 1 heterocycles. The maximum absolute atomic E-state index is 13.0. The zero-order valence-electron chi connectivity index (χ0n) is 16.7. The van der Waals surface area contributed by atoms with E-state index in [1.54, 1.807) is 41.9 Å². The number of hydroxylamine groups is 1. The molecule has 3 rings (SSSR count). The van der Waals surface area contributed by atoms with Gasteiger partial charge in [-0.2, -0.15) is 0 Å². The van der Waals surface area contributed by atoms with Crippen LogP contribution in [0, 0.1) is 5.82 Å². The fraction of sp³-hybridized carbons (Fsp3) is 0.364. The Morgan fingerprint density at radius 1 is 1.03 bits per heavy atom. The standard InChI is InChI=1S/C22H26FN3O4/c23-19-8-4-17(5-9-19)16-30-20-10-6-18(7-11-20)21(27)26(22(28)24-29)15-14-25-12-2-1-3-13-25/h4-11,29H,1-3,12-16H2,(H,24,28). The lowest BCUT2D eigenvalue weighted by Gasteiger charge is -2.29. The molecule has 7 nitrogen and oxygen atoms in total. The quantitative estimate of drug-likeness (QED) is 0.535. The van der Waals surface area contributed by atoms with E-state index in [1.807, 2.05) is 0 Å². The number of urea groups is 1. The molecule has 1 aliphatic rings. The summed E-state index contributed by atoms with van der Waals surface area (Å²) in [5.74, 6) is -0.260. The van der Waals surface area contributed by atoms with Crippen LogP contribution in [0.3, 0.4) is 0 Å². The highest BCUT2D eigenvalue weighted by Gasteiger charge is 2.23. The van der Waals surface area contributed by atoms with Gasteiger partial charge < -0.3 is 9.64 Å². The van der Waals surface area contributed by atoms with Crippen molar-refractivity contribution < 1.29 is 23.9 Å². The van der Waals surface area contributed by atoms with E-state index in [-0.39, 0.29) is 19.0 Å². The summed E-state index contributed by atoms with van der Waals surface area (Å²) in [5, 5.41) is 9.03. The molecular formula is C22H26FN3O4. The summed E-state index contributed by atoms with van der Waals surface area (Å²) in [6.45, 7) is 2.92. The van der Waals surface area contributed by atoms with E-state index in [1.165, 1.54) is 18.6 Å². The minimum Gasteiger partial charge on any atom is -0.489 e. The van der Waals surface area contributed by atoms with Gasteiger partial charge in [-0.15, -0.1) is 0 Å². The summed E-state index contributed by atoms with van der Waals surface area (Å²) in [7, 11) is 0. The van der Waals surface area contributed by atoms with E-state index in [0.29, 0.717) is 17.9 Å². The van der Waals surface area contributed by atoms with Gasteiger partial charge in [0.1, 0.15) is 18.2 Å². The predicted octanol–water partition coefficient (Wildman–Crippen LogP) is 3.43. The molecule has 1 aliphatic heterocycles. The van der Waals surface area contributed by atoms with Gasteiger partial charge in [-0.25, -0.2) is 14.7 Å². The summed E-state index contributed by atoms with van der Waals surface area (Å²) < 4.78 is 18.6. The molecule has 0 atom stereocenters. The highest BCUT2D eigenvalue weighted by atomic mass is 19.1. The Morgan fingerprint density at radius 2 is 1.70 bits per heavy atom. The number of amides is 3. The van der Waals surface area contributed by atoms with Crippen LogP contribution in [0.25, 0.3) is 0 Å². The number of nitrogens with zero attached hydrogens (tertiary/aromatic N) is 2. The van der Waals surface area contributed by atoms with Crippen LogP contribution in [-0.2, 0) is 6.61 Å². The second kappa shape index (κ2) is 10.7. The molecule has 2 aromatic rings. The molecule has 2 aromatic carbocycles. The van der Waals surface area contributed by atoms with Crippen molar-refractivity contribution in [3.63, 3.8) is 0 Å². The lowest BCUT2D eigenvalue weighted by molar-refractivity contribution is 0.0716. The normalized spacial score (nSPS) is 14.2. The molecule has 2 N–H and O–H groups in total. The van der Waals surface area contributed by atoms with Crippen molar-refractivity contribution in [2.45, 2.75) is 25.9 Å². The minimum absolute atomic E-state index is 0.189. The molecule has 0 aliphatic carbocycles. The van der Waals surface area contributed by atoms with Crippen LogP contribution in [0.4, 0.5) is 9.18 Å². The highest BCUT2D eigenvalue weighted by molar-refractivity contribution is 6.04. The second-order valence-electron chi connectivity index (χ2n) is 7.22. The molecule has 0 unspecified atom stereocenters. The molecule has 0 saturated carbocycles. The number of halogens is 1. The average molecular weight is 415 g/mol. The first kappa shape index (κ1) is 21.7. The predicted molar refractivity (Wildman–Crippen MR) is 109 cm³/mol. The van der Waals surface area contributed by atoms with Crippen molar-refractivity contribution in [3.8, 4) is 5.75 Å². The van der Waals surface area contributed by atoms with E-state index >= 15 is 0 Å². The number of ether oxygens (including phenoxy) is 1. The number of benzene rings is 2. The van der Waals surface area contributed by atoms with E-state index in [4.69, 9.17) is 9.94 Å². The van der Waals surface area contributed by atoms with Gasteiger partial charge in [0.2, 0.25) is 0 Å². The Balaban J connectivity index is 1.59. The summed E-state index contributed by atoms with van der Waals surface area (Å²) >= 11 is 0. The van der Waals surface area contributed by atoms with Crippen LogP contribution < -0.4 is 10.2 Å². The van der Waals surface area contributed by atoms with Gasteiger partial charge in [-0.1, -0.05) is 18.6 Å². The number of carbonyl (C=O) groups is 2. The molecule has 160 valence electrons. The number of rotatable bonds is 7. The Morgan fingerprint density at radius 3 is 2.33 bits per heavy atom. The average Bonchev–Trinajstić information content (AvgIpc) is 2.79. The van der Waals surface area contributed by atoms with Gasteiger partial charge in [-0.3, -0.25) is 14.9 Å². The number of likely N-dealkylation sites (tertiary alicyclic amines) is 1. The minimum atomic E-state index is -0.853. The van der Waals surface area contributed by atoms with Crippen LogP contribution in [0.1, 0.15) is 35.2 Å². The fourth-order valence-corrected chi connectivity index (χ4v) is 3.38. The Bertz CT molecular complexity index is 836. The van der Waals surface area contributed by atoms with E-state index in [0.717, 1.165) is 36.4 Å². The third-order valence-electron chi connectivity index (χ3n) is 5.09. The van der Waals surface area contributed by atoms with Gasteiger partial charge in [0.05, 0.1) is 0 Å². The van der Waals surface area contributed by atoms with Crippen molar-refractivity contribution in [2.75, 3.05) is 26.2 Å². The second-order valence-corrected chi connectivity index (χ2v) is 7.22. The van der Waals surface area contributed by atoms with E-state index in [2.05, 4.69) is 4.90 Å². The van der Waals surface area contributed by atoms with Crippen molar-refractivity contribution in [1.82, 2.24) is 15.3 Å². The van der Waals surface area contributed by atoms with Crippen LogP contribution in [0.2, 0.25) is 0 Å². The molecule has 0 aromatic heterocycles. The number of nitrogens with one attached hydrogen (secondary N) is 1. The van der Waals surface area contributed by atoms with Gasteiger partial charge in [-0.05, 0) is 67.9 Å². The number of carbonyl (C=O) groups excluding carboxylic acids is 2. The molecule has 1 fully saturated rings. The first-order chi connectivity index (χ1) is 14.6. The summed E-state index contributed by atoms with van der Waals surface area (Å²) in [4.78, 5) is 28.0. The van der Waals surface area contributed by atoms with E-state index in [9.17, 15) is 14.0 Å². The van der Waals surface area contributed by atoms with Crippen molar-refractivity contribution in [2.24, 2.45) is 0 Å². The SMILES string of the molecule is O=C(NO)N(CCN1CCCCC1)C(=O)c1ccc(OCc2ccc(F)cc2)cc1. The summed E-state index contributed by atoms with van der Waals surface area (Å²) in [6.07, 6.45) is 3.42. The number of piperidine rings is 1. The molecule has 0 radical (unpaired) electrons. The monoisotopic (exact) mass is 415 g/mol. The molecule has 8 heteroatoms. The lowest BCUT2D eigenvalue weighted by Crippen LogP contribution is -2.47. The topological polar surface area (TPSA) is 82.1 Å². The van der Waals surface area contributed by atoms with Crippen LogP contribution >= 0.6 is 0 Å².